The van der Waals surface area contributed by atoms with E-state index in [1.807, 2.05) is 0 Å². The van der Waals surface area contributed by atoms with Gasteiger partial charge in [0.2, 0.25) is 11.9 Å². The fourth-order valence-corrected chi connectivity index (χ4v) is 2.15. The lowest BCUT2D eigenvalue weighted by molar-refractivity contribution is 0.437. The molecule has 0 radical (unpaired) electrons. The summed E-state index contributed by atoms with van der Waals surface area (Å²) >= 11 is 0. The van der Waals surface area contributed by atoms with Crippen LogP contribution in [-0.4, -0.2) is 33.0 Å². The first-order valence-electron chi connectivity index (χ1n) is 6.66. The van der Waals surface area contributed by atoms with Crippen LogP contribution in [0.4, 0.5) is 11.9 Å². The molecule has 7 heteroatoms. The van der Waals surface area contributed by atoms with Crippen LogP contribution in [0.2, 0.25) is 0 Å². The van der Waals surface area contributed by atoms with E-state index in [9.17, 15) is 0 Å². The van der Waals surface area contributed by atoms with Crippen molar-refractivity contribution in [1.82, 2.24) is 19.9 Å². The number of nitrogens with zero attached hydrogens (tertiary/aromatic N) is 5. The third kappa shape index (κ3) is 2.93. The molecule has 1 fully saturated rings. The normalized spacial score (nSPS) is 15.1. The van der Waals surface area contributed by atoms with Gasteiger partial charge in [-0.1, -0.05) is 0 Å². The average Bonchev–Trinajstić information content (AvgIpc) is 2.49. The van der Waals surface area contributed by atoms with E-state index in [0.29, 0.717) is 11.7 Å². The van der Waals surface area contributed by atoms with E-state index in [0.717, 1.165) is 25.9 Å². The van der Waals surface area contributed by atoms with Gasteiger partial charge in [-0.15, -0.1) is 0 Å². The van der Waals surface area contributed by atoms with Crippen molar-refractivity contribution in [1.29, 1.82) is 0 Å². The number of pyridine rings is 1. The number of piperidine rings is 1. The van der Waals surface area contributed by atoms with Crippen molar-refractivity contribution < 1.29 is 4.74 Å². The molecule has 0 aromatic carbocycles. The van der Waals surface area contributed by atoms with Crippen molar-refractivity contribution in [2.24, 2.45) is 0 Å². The van der Waals surface area contributed by atoms with Crippen LogP contribution in [0.15, 0.2) is 24.5 Å². The summed E-state index contributed by atoms with van der Waals surface area (Å²) in [6.45, 7) is 1.88. The van der Waals surface area contributed by atoms with E-state index in [1.54, 1.807) is 24.5 Å². The fraction of sp³-hybridized carbons (Fsp3) is 0.385. The minimum Gasteiger partial charge on any atom is -0.422 e. The number of aromatic nitrogens is 4. The van der Waals surface area contributed by atoms with Crippen molar-refractivity contribution >= 4 is 11.9 Å². The zero-order chi connectivity index (χ0) is 13.8. The second kappa shape index (κ2) is 5.68. The quantitative estimate of drug-likeness (QED) is 0.908. The van der Waals surface area contributed by atoms with Gasteiger partial charge < -0.3 is 15.4 Å². The van der Waals surface area contributed by atoms with Crippen molar-refractivity contribution in [3.8, 4) is 11.8 Å². The number of nitrogens with two attached hydrogens (primary N) is 1. The molecular formula is C13H16N6O. The smallest absolute Gasteiger partial charge is 0.328 e. The molecule has 0 atom stereocenters. The van der Waals surface area contributed by atoms with Gasteiger partial charge in [-0.2, -0.15) is 15.0 Å². The molecule has 0 spiro atoms. The molecule has 1 aliphatic heterocycles. The highest BCUT2D eigenvalue weighted by molar-refractivity contribution is 5.37. The highest BCUT2D eigenvalue weighted by atomic mass is 16.5. The van der Waals surface area contributed by atoms with Crippen molar-refractivity contribution in [2.75, 3.05) is 23.7 Å². The second-order valence-electron chi connectivity index (χ2n) is 4.61. The van der Waals surface area contributed by atoms with E-state index in [1.165, 1.54) is 6.42 Å². The number of ether oxygens (including phenoxy) is 1. The van der Waals surface area contributed by atoms with E-state index in [4.69, 9.17) is 10.5 Å². The van der Waals surface area contributed by atoms with Crippen LogP contribution in [0.25, 0.3) is 0 Å². The Morgan fingerprint density at radius 3 is 2.70 bits per heavy atom. The van der Waals surface area contributed by atoms with E-state index < -0.39 is 0 Å². The first-order valence-corrected chi connectivity index (χ1v) is 6.66. The minimum atomic E-state index is 0.166. The Labute approximate surface area is 116 Å². The third-order valence-corrected chi connectivity index (χ3v) is 3.10. The fourth-order valence-electron chi connectivity index (χ4n) is 2.15. The molecule has 1 saturated heterocycles. The summed E-state index contributed by atoms with van der Waals surface area (Å²) in [5, 5.41) is 0. The second-order valence-corrected chi connectivity index (χ2v) is 4.61. The van der Waals surface area contributed by atoms with E-state index >= 15 is 0 Å². The number of anilines is 2. The third-order valence-electron chi connectivity index (χ3n) is 3.10. The number of nitrogen functional groups attached to an aromatic ring is 1. The number of rotatable bonds is 3. The van der Waals surface area contributed by atoms with Gasteiger partial charge in [-0.25, -0.2) is 0 Å². The summed E-state index contributed by atoms with van der Waals surface area (Å²) in [6, 6.07) is 3.77. The Kier molecular flexibility index (Phi) is 3.58. The highest BCUT2D eigenvalue weighted by Crippen LogP contribution is 2.21. The van der Waals surface area contributed by atoms with Crippen LogP contribution in [-0.2, 0) is 0 Å². The van der Waals surface area contributed by atoms with Gasteiger partial charge in [0.05, 0.1) is 6.20 Å². The van der Waals surface area contributed by atoms with Gasteiger partial charge in [-0.3, -0.25) is 4.98 Å². The molecule has 0 aliphatic carbocycles. The monoisotopic (exact) mass is 272 g/mol. The van der Waals surface area contributed by atoms with E-state index in [2.05, 4.69) is 24.8 Å². The van der Waals surface area contributed by atoms with Crippen LogP contribution in [0.1, 0.15) is 19.3 Å². The van der Waals surface area contributed by atoms with Gasteiger partial charge in [0, 0.05) is 19.3 Å². The van der Waals surface area contributed by atoms with Gasteiger partial charge in [-0.05, 0) is 31.4 Å². The van der Waals surface area contributed by atoms with Crippen molar-refractivity contribution in [2.45, 2.75) is 19.3 Å². The Hall–Kier alpha value is -2.44. The van der Waals surface area contributed by atoms with Gasteiger partial charge in [0.25, 0.3) is 0 Å². The standard InChI is InChI=1S/C13H16N6O/c14-11-16-12(19-7-2-1-3-8-19)18-13(17-11)20-10-5-4-6-15-9-10/h4-6,9H,1-3,7-8H2,(H2,14,16,17,18). The van der Waals surface area contributed by atoms with Gasteiger partial charge >= 0.3 is 6.01 Å². The first kappa shape index (κ1) is 12.6. The van der Waals surface area contributed by atoms with E-state index in [-0.39, 0.29) is 12.0 Å². The van der Waals surface area contributed by atoms with Crippen LogP contribution in [0, 0.1) is 0 Å². The van der Waals surface area contributed by atoms with Crippen LogP contribution < -0.4 is 15.4 Å². The molecule has 7 nitrogen and oxygen atoms in total. The Balaban J connectivity index is 1.82. The molecule has 0 amide bonds. The first-order chi connectivity index (χ1) is 9.81. The molecule has 2 N–H and O–H groups in total. The topological polar surface area (TPSA) is 90.0 Å². The molecular weight excluding hydrogens is 256 g/mol. The van der Waals surface area contributed by atoms with Crippen LogP contribution >= 0.6 is 0 Å². The average molecular weight is 272 g/mol. The lowest BCUT2D eigenvalue weighted by Gasteiger charge is -2.26. The predicted octanol–water partition coefficient (Wildman–Crippen LogP) is 1.63. The number of hydrogen-bond donors (Lipinski definition) is 1. The SMILES string of the molecule is Nc1nc(Oc2cccnc2)nc(N2CCCCC2)n1. The summed E-state index contributed by atoms with van der Waals surface area (Å²) in [7, 11) is 0. The zero-order valence-electron chi connectivity index (χ0n) is 11.1. The Morgan fingerprint density at radius 1 is 1.10 bits per heavy atom. The molecule has 0 unspecified atom stereocenters. The molecule has 3 rings (SSSR count). The highest BCUT2D eigenvalue weighted by Gasteiger charge is 2.16. The molecule has 2 aromatic rings. The molecule has 2 aromatic heterocycles. The summed E-state index contributed by atoms with van der Waals surface area (Å²) in [5.74, 6) is 1.32. The maximum atomic E-state index is 5.74. The number of hydrogen-bond acceptors (Lipinski definition) is 7. The molecule has 0 bridgehead atoms. The maximum absolute atomic E-state index is 5.74. The summed E-state index contributed by atoms with van der Waals surface area (Å²) in [5.41, 5.74) is 5.74. The predicted molar refractivity (Wildman–Crippen MR) is 74.6 cm³/mol. The summed E-state index contributed by atoms with van der Waals surface area (Å²) in [4.78, 5) is 18.6. The molecule has 0 saturated carbocycles. The van der Waals surface area contributed by atoms with Gasteiger partial charge in [0.1, 0.15) is 5.75 Å². The molecule has 3 heterocycles. The largest absolute Gasteiger partial charge is 0.422 e. The van der Waals surface area contributed by atoms with Crippen molar-refractivity contribution in [3.05, 3.63) is 24.5 Å². The zero-order valence-corrected chi connectivity index (χ0v) is 11.1. The Morgan fingerprint density at radius 2 is 1.95 bits per heavy atom. The van der Waals surface area contributed by atoms with Crippen LogP contribution in [0.3, 0.4) is 0 Å². The lowest BCUT2D eigenvalue weighted by atomic mass is 10.1. The lowest BCUT2D eigenvalue weighted by Crippen LogP contribution is -2.31. The summed E-state index contributed by atoms with van der Waals surface area (Å²) in [6.07, 6.45) is 6.80. The van der Waals surface area contributed by atoms with Gasteiger partial charge in [0.15, 0.2) is 0 Å². The maximum Gasteiger partial charge on any atom is 0.328 e. The summed E-state index contributed by atoms with van der Waals surface area (Å²) < 4.78 is 5.56. The molecule has 1 aliphatic rings. The Bertz CT molecular complexity index is 570. The minimum absolute atomic E-state index is 0.166. The van der Waals surface area contributed by atoms with Crippen molar-refractivity contribution in [3.63, 3.8) is 0 Å². The molecule has 20 heavy (non-hydrogen) atoms. The van der Waals surface area contributed by atoms with Crippen LogP contribution in [0.5, 0.6) is 11.8 Å². The molecule has 104 valence electrons.